The summed E-state index contributed by atoms with van der Waals surface area (Å²) in [4.78, 5) is 12.1. The van der Waals surface area contributed by atoms with Gasteiger partial charge in [-0.1, -0.05) is 71.7 Å². The van der Waals surface area contributed by atoms with Crippen molar-refractivity contribution in [3.8, 4) is 5.75 Å². The first-order chi connectivity index (χ1) is 14.6. The van der Waals surface area contributed by atoms with E-state index in [4.69, 9.17) is 4.74 Å². The van der Waals surface area contributed by atoms with Crippen molar-refractivity contribution in [2.24, 2.45) is 0 Å². The first-order valence-corrected chi connectivity index (χ1v) is 11.2. The molecule has 0 aliphatic heterocycles. The van der Waals surface area contributed by atoms with Gasteiger partial charge in [-0.25, -0.2) is 13.6 Å². The van der Waals surface area contributed by atoms with E-state index < -0.39 is 18.0 Å². The molecule has 0 radical (unpaired) electrons. The molecule has 2 aromatic rings. The Balaban J connectivity index is 2.55. The van der Waals surface area contributed by atoms with Crippen molar-refractivity contribution in [1.82, 2.24) is 0 Å². The van der Waals surface area contributed by atoms with Crippen molar-refractivity contribution in [3.63, 3.8) is 0 Å². The summed E-state index contributed by atoms with van der Waals surface area (Å²) in [6, 6.07) is 10.3. The number of aryl methyl sites for hydroxylation is 2. The Bertz CT molecular complexity index is 846. The van der Waals surface area contributed by atoms with Crippen molar-refractivity contribution >= 4 is 5.97 Å². The minimum Gasteiger partial charge on any atom is -0.478 e. The summed E-state index contributed by atoms with van der Waals surface area (Å²) in [7, 11) is 0. The molecule has 0 aliphatic carbocycles. The second-order valence-electron chi connectivity index (χ2n) is 8.34. The second-order valence-corrected chi connectivity index (χ2v) is 8.34. The van der Waals surface area contributed by atoms with E-state index in [0.29, 0.717) is 41.2 Å². The number of halogens is 2. The standard InChI is InChI=1S/C26H34F2O3/c1-6-9-20-15-22(26(27,28)8-3)16-21(10-7-2)23(20)31-24(25(29)30)19-13-11-18(12-14-19)17(4)5/h11-17,24H,6-10H2,1-5H3,(H,29,30). The fourth-order valence-corrected chi connectivity index (χ4v) is 3.67. The highest BCUT2D eigenvalue weighted by Gasteiger charge is 2.32. The van der Waals surface area contributed by atoms with Gasteiger partial charge in [0.25, 0.3) is 5.92 Å². The van der Waals surface area contributed by atoms with Crippen molar-refractivity contribution < 1.29 is 23.4 Å². The molecule has 0 bridgehead atoms. The van der Waals surface area contributed by atoms with Crippen molar-refractivity contribution in [2.45, 2.75) is 84.7 Å². The van der Waals surface area contributed by atoms with Gasteiger partial charge in [0.15, 0.2) is 0 Å². The van der Waals surface area contributed by atoms with Crippen LogP contribution in [0.5, 0.6) is 5.75 Å². The van der Waals surface area contributed by atoms with Crippen LogP contribution in [0.2, 0.25) is 0 Å². The molecule has 2 rings (SSSR count). The van der Waals surface area contributed by atoms with Gasteiger partial charge >= 0.3 is 5.97 Å². The number of alkyl halides is 2. The Hall–Kier alpha value is -2.43. The van der Waals surface area contributed by atoms with Crippen LogP contribution in [0.4, 0.5) is 8.78 Å². The smallest absolute Gasteiger partial charge is 0.349 e. The van der Waals surface area contributed by atoms with Crippen LogP contribution in [0.25, 0.3) is 0 Å². The molecule has 0 aromatic heterocycles. The monoisotopic (exact) mass is 432 g/mol. The Labute approximate surface area is 184 Å². The molecule has 1 unspecified atom stereocenters. The van der Waals surface area contributed by atoms with Gasteiger partial charge < -0.3 is 9.84 Å². The minimum atomic E-state index is -2.93. The molecule has 2 aromatic carbocycles. The van der Waals surface area contributed by atoms with Crippen molar-refractivity contribution in [2.75, 3.05) is 0 Å². The molecular weight excluding hydrogens is 398 g/mol. The van der Waals surface area contributed by atoms with Gasteiger partial charge in [0.1, 0.15) is 5.75 Å². The average molecular weight is 433 g/mol. The summed E-state index contributed by atoms with van der Waals surface area (Å²) in [5.41, 5.74) is 2.90. The minimum absolute atomic E-state index is 0.0255. The van der Waals surface area contributed by atoms with Gasteiger partial charge in [0.05, 0.1) is 0 Å². The highest BCUT2D eigenvalue weighted by Crippen LogP contribution is 2.39. The molecule has 0 spiro atoms. The lowest BCUT2D eigenvalue weighted by Gasteiger charge is -2.24. The number of hydrogen-bond acceptors (Lipinski definition) is 2. The highest BCUT2D eigenvalue weighted by molar-refractivity contribution is 5.75. The van der Waals surface area contributed by atoms with E-state index in [1.54, 1.807) is 12.1 Å². The van der Waals surface area contributed by atoms with Crippen molar-refractivity contribution in [1.29, 1.82) is 0 Å². The topological polar surface area (TPSA) is 46.5 Å². The molecular formula is C26H34F2O3. The van der Waals surface area contributed by atoms with E-state index in [0.717, 1.165) is 18.4 Å². The van der Waals surface area contributed by atoms with Gasteiger partial charge in [0, 0.05) is 17.5 Å². The summed E-state index contributed by atoms with van der Waals surface area (Å²) >= 11 is 0. The van der Waals surface area contributed by atoms with Gasteiger partial charge in [-0.05, 0) is 47.6 Å². The van der Waals surface area contributed by atoms with E-state index in [2.05, 4.69) is 13.8 Å². The number of carboxylic acid groups (broad SMARTS) is 1. The zero-order valence-electron chi connectivity index (χ0n) is 19.2. The van der Waals surface area contributed by atoms with Gasteiger partial charge in [0.2, 0.25) is 6.10 Å². The number of rotatable bonds is 11. The molecule has 0 saturated heterocycles. The third-order valence-electron chi connectivity index (χ3n) is 5.51. The van der Waals surface area contributed by atoms with E-state index >= 15 is 0 Å². The summed E-state index contributed by atoms with van der Waals surface area (Å²) in [6.07, 6.45) is 1.07. The molecule has 3 nitrogen and oxygen atoms in total. The summed E-state index contributed by atoms with van der Waals surface area (Å²) < 4.78 is 35.0. The molecule has 1 atom stereocenters. The number of carbonyl (C=O) groups is 1. The Kier molecular flexibility index (Phi) is 8.60. The molecule has 1 N–H and O–H groups in total. The normalized spacial score (nSPS) is 12.8. The Morgan fingerprint density at radius 1 is 0.968 bits per heavy atom. The highest BCUT2D eigenvalue weighted by atomic mass is 19.3. The summed E-state index contributed by atoms with van der Waals surface area (Å²) in [5, 5.41) is 9.88. The summed E-state index contributed by atoms with van der Waals surface area (Å²) in [6.45, 7) is 9.54. The van der Waals surface area contributed by atoms with Crippen LogP contribution in [-0.4, -0.2) is 11.1 Å². The van der Waals surface area contributed by atoms with E-state index in [9.17, 15) is 18.7 Å². The lowest BCUT2D eigenvalue weighted by Crippen LogP contribution is -2.20. The SMILES string of the molecule is CCCc1cc(C(F)(F)CC)cc(CCC)c1OC(C(=O)O)c1ccc(C(C)C)cc1. The van der Waals surface area contributed by atoms with Gasteiger partial charge in [-0.3, -0.25) is 0 Å². The molecule has 0 amide bonds. The van der Waals surface area contributed by atoms with Crippen LogP contribution in [0, 0.1) is 0 Å². The molecule has 31 heavy (non-hydrogen) atoms. The summed E-state index contributed by atoms with van der Waals surface area (Å²) in [5.74, 6) is -3.27. The van der Waals surface area contributed by atoms with E-state index in [-0.39, 0.29) is 12.0 Å². The van der Waals surface area contributed by atoms with Crippen LogP contribution in [0.1, 0.15) is 93.7 Å². The third-order valence-corrected chi connectivity index (χ3v) is 5.51. The largest absolute Gasteiger partial charge is 0.478 e. The maximum absolute atomic E-state index is 14.5. The molecule has 0 aliphatic rings. The fourth-order valence-electron chi connectivity index (χ4n) is 3.67. The lowest BCUT2D eigenvalue weighted by atomic mass is 9.94. The van der Waals surface area contributed by atoms with Gasteiger partial charge in [-0.15, -0.1) is 0 Å². The fraction of sp³-hybridized carbons (Fsp3) is 0.500. The van der Waals surface area contributed by atoms with Gasteiger partial charge in [-0.2, -0.15) is 0 Å². The van der Waals surface area contributed by atoms with Crippen molar-refractivity contribution in [3.05, 3.63) is 64.2 Å². The number of ether oxygens (including phenoxy) is 1. The first kappa shape index (κ1) is 24.8. The molecule has 170 valence electrons. The maximum atomic E-state index is 14.5. The molecule has 0 heterocycles. The predicted molar refractivity (Wildman–Crippen MR) is 120 cm³/mol. The Morgan fingerprint density at radius 2 is 1.45 bits per heavy atom. The third kappa shape index (κ3) is 6.05. The molecule has 5 heteroatoms. The van der Waals surface area contributed by atoms with Crippen LogP contribution in [0.15, 0.2) is 36.4 Å². The number of benzene rings is 2. The van der Waals surface area contributed by atoms with E-state index in [1.807, 2.05) is 26.0 Å². The number of aliphatic carboxylic acids is 1. The zero-order valence-corrected chi connectivity index (χ0v) is 19.2. The zero-order chi connectivity index (χ0) is 23.2. The average Bonchev–Trinajstić information content (AvgIpc) is 2.73. The first-order valence-electron chi connectivity index (χ1n) is 11.2. The van der Waals surface area contributed by atoms with Crippen LogP contribution in [-0.2, 0) is 23.6 Å². The number of carboxylic acids is 1. The lowest BCUT2D eigenvalue weighted by molar-refractivity contribution is -0.145. The quantitative estimate of drug-likeness (QED) is 0.402. The van der Waals surface area contributed by atoms with Crippen LogP contribution >= 0.6 is 0 Å². The Morgan fingerprint density at radius 3 is 1.84 bits per heavy atom. The molecule has 0 fully saturated rings. The molecule has 0 saturated carbocycles. The second kappa shape index (κ2) is 10.7. The maximum Gasteiger partial charge on any atom is 0.349 e. The van der Waals surface area contributed by atoms with Crippen LogP contribution in [0.3, 0.4) is 0 Å². The van der Waals surface area contributed by atoms with Crippen LogP contribution < -0.4 is 4.74 Å². The predicted octanol–water partition coefficient (Wildman–Crippen LogP) is 7.42. The van der Waals surface area contributed by atoms with E-state index in [1.165, 1.54) is 19.1 Å². The number of hydrogen-bond donors (Lipinski definition) is 1.